The zero-order valence-corrected chi connectivity index (χ0v) is 14.0. The second-order valence-corrected chi connectivity index (χ2v) is 5.82. The fraction of sp³-hybridized carbons (Fsp3) is 0.235. The molecule has 0 radical (unpaired) electrons. The summed E-state index contributed by atoms with van der Waals surface area (Å²) < 4.78 is 12.4. The minimum Gasteiger partial charge on any atom is -0.481 e. The Labute approximate surface area is 143 Å². The lowest BCUT2D eigenvalue weighted by molar-refractivity contribution is 0.398. The van der Waals surface area contributed by atoms with Crippen LogP contribution in [0.3, 0.4) is 0 Å². The SMILES string of the molecule is COc1cccc(-c2noc(-c3ccc4c(c3)nnn4C(C)C)n2)n1. The largest absolute Gasteiger partial charge is 0.481 e. The molecular weight excluding hydrogens is 320 g/mol. The summed E-state index contributed by atoms with van der Waals surface area (Å²) in [7, 11) is 1.56. The number of aromatic nitrogens is 6. The van der Waals surface area contributed by atoms with Crippen molar-refractivity contribution in [2.75, 3.05) is 7.11 Å². The van der Waals surface area contributed by atoms with Gasteiger partial charge in [0.15, 0.2) is 0 Å². The number of rotatable bonds is 4. The van der Waals surface area contributed by atoms with Gasteiger partial charge in [-0.2, -0.15) is 4.98 Å². The van der Waals surface area contributed by atoms with Crippen molar-refractivity contribution in [3.63, 3.8) is 0 Å². The molecule has 0 aliphatic carbocycles. The average molecular weight is 336 g/mol. The normalized spacial score (nSPS) is 11.4. The third-order valence-corrected chi connectivity index (χ3v) is 3.79. The lowest BCUT2D eigenvalue weighted by Crippen LogP contribution is -2.02. The molecule has 0 atom stereocenters. The highest BCUT2D eigenvalue weighted by Gasteiger charge is 2.14. The molecular formula is C17H16N6O2. The third-order valence-electron chi connectivity index (χ3n) is 3.79. The van der Waals surface area contributed by atoms with Crippen molar-refractivity contribution < 1.29 is 9.26 Å². The van der Waals surface area contributed by atoms with Crippen molar-refractivity contribution in [1.29, 1.82) is 0 Å². The van der Waals surface area contributed by atoms with Gasteiger partial charge in [-0.1, -0.05) is 16.4 Å². The molecule has 8 nitrogen and oxygen atoms in total. The maximum Gasteiger partial charge on any atom is 0.258 e. The first-order valence-electron chi connectivity index (χ1n) is 7.86. The molecule has 3 aromatic heterocycles. The molecule has 0 saturated carbocycles. The molecule has 4 aromatic rings. The Morgan fingerprint density at radius 2 is 2.00 bits per heavy atom. The van der Waals surface area contributed by atoms with Gasteiger partial charge in [-0.3, -0.25) is 0 Å². The van der Waals surface area contributed by atoms with Gasteiger partial charge in [0.05, 0.1) is 12.6 Å². The number of pyridine rings is 1. The van der Waals surface area contributed by atoms with Gasteiger partial charge in [0.2, 0.25) is 11.7 Å². The molecule has 0 amide bonds. The highest BCUT2D eigenvalue weighted by Crippen LogP contribution is 2.25. The second kappa shape index (κ2) is 5.97. The molecule has 4 rings (SSSR count). The number of nitrogens with zero attached hydrogens (tertiary/aromatic N) is 6. The maximum absolute atomic E-state index is 5.38. The van der Waals surface area contributed by atoms with E-state index in [9.17, 15) is 0 Å². The van der Waals surface area contributed by atoms with Crippen LogP contribution in [0.4, 0.5) is 0 Å². The van der Waals surface area contributed by atoms with E-state index in [2.05, 4.69) is 39.3 Å². The summed E-state index contributed by atoms with van der Waals surface area (Å²) in [5, 5.41) is 12.4. The van der Waals surface area contributed by atoms with Gasteiger partial charge in [0, 0.05) is 17.7 Å². The Bertz CT molecular complexity index is 1040. The van der Waals surface area contributed by atoms with E-state index in [4.69, 9.17) is 9.26 Å². The molecule has 126 valence electrons. The quantitative estimate of drug-likeness (QED) is 0.565. The van der Waals surface area contributed by atoms with Gasteiger partial charge in [0.1, 0.15) is 11.2 Å². The minimum atomic E-state index is 0.241. The van der Waals surface area contributed by atoms with E-state index in [1.165, 1.54) is 0 Å². The van der Waals surface area contributed by atoms with Crippen LogP contribution < -0.4 is 4.74 Å². The summed E-state index contributed by atoms with van der Waals surface area (Å²) >= 11 is 0. The van der Waals surface area contributed by atoms with E-state index >= 15 is 0 Å². The number of benzene rings is 1. The van der Waals surface area contributed by atoms with Crippen LogP contribution in [0.1, 0.15) is 19.9 Å². The van der Waals surface area contributed by atoms with Crippen molar-refractivity contribution in [1.82, 2.24) is 30.1 Å². The second-order valence-electron chi connectivity index (χ2n) is 5.82. The van der Waals surface area contributed by atoms with E-state index in [-0.39, 0.29) is 6.04 Å². The minimum absolute atomic E-state index is 0.241. The summed E-state index contributed by atoms with van der Waals surface area (Å²) in [6.07, 6.45) is 0. The number of hydrogen-bond acceptors (Lipinski definition) is 7. The molecule has 25 heavy (non-hydrogen) atoms. The number of methoxy groups -OCH3 is 1. The van der Waals surface area contributed by atoms with Gasteiger partial charge in [-0.05, 0) is 38.1 Å². The molecule has 0 N–H and O–H groups in total. The smallest absolute Gasteiger partial charge is 0.258 e. The monoisotopic (exact) mass is 336 g/mol. The highest BCUT2D eigenvalue weighted by molar-refractivity contribution is 5.79. The van der Waals surface area contributed by atoms with Crippen LogP contribution in [0, 0.1) is 0 Å². The summed E-state index contributed by atoms with van der Waals surface area (Å²) in [5.41, 5.74) is 3.12. The van der Waals surface area contributed by atoms with Gasteiger partial charge >= 0.3 is 0 Å². The molecule has 0 fully saturated rings. The van der Waals surface area contributed by atoms with Crippen LogP contribution >= 0.6 is 0 Å². The molecule has 1 aromatic carbocycles. The van der Waals surface area contributed by atoms with Crippen molar-refractivity contribution in [2.45, 2.75) is 19.9 Å². The lowest BCUT2D eigenvalue weighted by Gasteiger charge is -2.04. The molecule has 0 spiro atoms. The van der Waals surface area contributed by atoms with Crippen molar-refractivity contribution in [3.8, 4) is 28.9 Å². The summed E-state index contributed by atoms with van der Waals surface area (Å²) in [4.78, 5) is 8.73. The van der Waals surface area contributed by atoms with Crippen LogP contribution in [0.2, 0.25) is 0 Å². The van der Waals surface area contributed by atoms with Crippen LogP contribution in [-0.2, 0) is 0 Å². The Kier molecular flexibility index (Phi) is 3.64. The topological polar surface area (TPSA) is 91.8 Å². The average Bonchev–Trinajstić information content (AvgIpc) is 3.28. The van der Waals surface area contributed by atoms with Crippen LogP contribution in [0.5, 0.6) is 5.88 Å². The van der Waals surface area contributed by atoms with Crippen LogP contribution in [0.25, 0.3) is 34.0 Å². The van der Waals surface area contributed by atoms with Crippen LogP contribution in [-0.4, -0.2) is 37.2 Å². The molecule has 0 aliphatic heterocycles. The van der Waals surface area contributed by atoms with Gasteiger partial charge in [-0.25, -0.2) is 9.67 Å². The zero-order valence-electron chi connectivity index (χ0n) is 14.0. The summed E-state index contributed by atoms with van der Waals surface area (Å²) in [6.45, 7) is 4.13. The fourth-order valence-corrected chi connectivity index (χ4v) is 2.55. The molecule has 0 aliphatic rings. The Balaban J connectivity index is 1.71. The van der Waals surface area contributed by atoms with E-state index in [1.54, 1.807) is 19.2 Å². The first-order valence-corrected chi connectivity index (χ1v) is 7.86. The number of ether oxygens (including phenoxy) is 1. The highest BCUT2D eigenvalue weighted by atomic mass is 16.5. The third kappa shape index (κ3) is 2.71. The fourth-order valence-electron chi connectivity index (χ4n) is 2.55. The van der Waals surface area contributed by atoms with Gasteiger partial charge < -0.3 is 9.26 Å². The van der Waals surface area contributed by atoms with Gasteiger partial charge in [-0.15, -0.1) is 5.10 Å². The molecule has 0 bridgehead atoms. The number of hydrogen-bond donors (Lipinski definition) is 0. The Morgan fingerprint density at radius 3 is 2.80 bits per heavy atom. The zero-order chi connectivity index (χ0) is 17.4. The Hall–Kier alpha value is -3.29. The predicted molar refractivity (Wildman–Crippen MR) is 91.0 cm³/mol. The standard InChI is InChI=1S/C17H16N6O2/c1-10(2)23-14-8-7-11(9-13(14)20-22-23)17-19-16(21-25-17)12-5-4-6-15(18-12)24-3/h4-10H,1-3H3. The van der Waals surface area contributed by atoms with E-state index in [0.29, 0.717) is 23.3 Å². The van der Waals surface area contributed by atoms with Crippen molar-refractivity contribution in [2.24, 2.45) is 0 Å². The molecule has 0 unspecified atom stereocenters. The van der Waals surface area contributed by atoms with E-state index in [1.807, 2.05) is 28.9 Å². The molecule has 3 heterocycles. The summed E-state index contributed by atoms with van der Waals surface area (Å²) in [6, 6.07) is 11.4. The molecule has 8 heteroatoms. The van der Waals surface area contributed by atoms with Crippen LogP contribution in [0.15, 0.2) is 40.9 Å². The summed E-state index contributed by atoms with van der Waals surface area (Å²) in [5.74, 6) is 1.30. The molecule has 0 saturated heterocycles. The predicted octanol–water partition coefficient (Wildman–Crippen LogP) is 3.13. The first-order chi connectivity index (χ1) is 12.2. The maximum atomic E-state index is 5.38. The Morgan fingerprint density at radius 1 is 1.12 bits per heavy atom. The van der Waals surface area contributed by atoms with E-state index in [0.717, 1.165) is 16.6 Å². The lowest BCUT2D eigenvalue weighted by atomic mass is 10.2. The van der Waals surface area contributed by atoms with Gasteiger partial charge in [0.25, 0.3) is 5.89 Å². The van der Waals surface area contributed by atoms with Crippen molar-refractivity contribution in [3.05, 3.63) is 36.4 Å². The number of fused-ring (bicyclic) bond motifs is 1. The van der Waals surface area contributed by atoms with Crippen molar-refractivity contribution >= 4 is 11.0 Å². The van der Waals surface area contributed by atoms with E-state index < -0.39 is 0 Å². The first kappa shape index (κ1) is 15.3.